The molecule has 0 bridgehead atoms. The molecule has 2 rings (SSSR count). The molecule has 2 fully saturated rings. The first kappa shape index (κ1) is 17.2. The van der Waals surface area contributed by atoms with Crippen molar-refractivity contribution in [1.29, 1.82) is 0 Å². The van der Waals surface area contributed by atoms with Gasteiger partial charge in [0.1, 0.15) is 0 Å². The van der Waals surface area contributed by atoms with Gasteiger partial charge in [0.2, 0.25) is 0 Å². The molecule has 1 saturated carbocycles. The van der Waals surface area contributed by atoms with E-state index >= 15 is 0 Å². The molecule has 0 amide bonds. The zero-order chi connectivity index (χ0) is 15.5. The minimum Gasteiger partial charge on any atom is -0.390 e. The molecular formula is C17H34N2O2. The summed E-state index contributed by atoms with van der Waals surface area (Å²) in [4.78, 5) is 2.30. The number of ether oxygens (including phenoxy) is 1. The van der Waals surface area contributed by atoms with Crippen molar-refractivity contribution >= 4 is 0 Å². The Morgan fingerprint density at radius 1 is 1.14 bits per heavy atom. The first-order valence-corrected chi connectivity index (χ1v) is 8.47. The van der Waals surface area contributed by atoms with Crippen LogP contribution >= 0.6 is 0 Å². The second kappa shape index (κ2) is 6.95. The molecule has 1 aliphatic heterocycles. The van der Waals surface area contributed by atoms with E-state index in [-0.39, 0.29) is 6.10 Å². The van der Waals surface area contributed by atoms with Gasteiger partial charge in [0, 0.05) is 32.2 Å². The lowest BCUT2D eigenvalue weighted by molar-refractivity contribution is 0.0123. The van der Waals surface area contributed by atoms with Gasteiger partial charge < -0.3 is 15.2 Å². The Labute approximate surface area is 130 Å². The molecular weight excluding hydrogens is 264 g/mol. The molecule has 0 aromatic heterocycles. The molecule has 1 unspecified atom stereocenters. The summed E-state index contributed by atoms with van der Waals surface area (Å²) in [5.41, 5.74) is 0.795. The Hall–Kier alpha value is -0.160. The predicted octanol–water partition coefficient (Wildman–Crippen LogP) is 1.87. The van der Waals surface area contributed by atoms with Gasteiger partial charge in [0.25, 0.3) is 0 Å². The predicted molar refractivity (Wildman–Crippen MR) is 86.5 cm³/mol. The molecule has 1 aliphatic carbocycles. The maximum absolute atomic E-state index is 10.2. The summed E-state index contributed by atoms with van der Waals surface area (Å²) in [7, 11) is 0. The number of β-amino-alcohol motifs (C(OH)–C–C–N with tert-alkyl or cyclic N) is 1. The molecule has 0 aromatic rings. The highest BCUT2D eigenvalue weighted by Crippen LogP contribution is 2.45. The number of aliphatic hydroxyl groups is 1. The van der Waals surface area contributed by atoms with Crippen LogP contribution in [0.5, 0.6) is 0 Å². The van der Waals surface area contributed by atoms with Crippen molar-refractivity contribution in [3.05, 3.63) is 0 Å². The number of hydrogen-bond donors (Lipinski definition) is 2. The Kier molecular flexibility index (Phi) is 5.69. The van der Waals surface area contributed by atoms with Crippen LogP contribution in [0.1, 0.15) is 47.0 Å². The normalized spacial score (nSPS) is 28.4. The van der Waals surface area contributed by atoms with Crippen molar-refractivity contribution in [2.24, 2.45) is 10.8 Å². The van der Waals surface area contributed by atoms with E-state index in [4.69, 9.17) is 4.74 Å². The fourth-order valence-electron chi connectivity index (χ4n) is 4.44. The number of rotatable bonds is 5. The molecule has 0 radical (unpaired) electrons. The summed E-state index contributed by atoms with van der Waals surface area (Å²) < 4.78 is 5.34. The summed E-state index contributed by atoms with van der Waals surface area (Å²) in [5, 5.41) is 13.9. The Morgan fingerprint density at radius 3 is 2.29 bits per heavy atom. The maximum atomic E-state index is 10.2. The van der Waals surface area contributed by atoms with Gasteiger partial charge in [0.05, 0.1) is 19.3 Å². The SMILES string of the molecule is CC1(C)CC(NCC(O)CN2CCOCC2)CC(C)(C)C1. The molecule has 4 nitrogen and oxygen atoms in total. The number of nitrogens with zero attached hydrogens (tertiary/aromatic N) is 1. The van der Waals surface area contributed by atoms with E-state index in [1.807, 2.05) is 0 Å². The minimum absolute atomic E-state index is 0.281. The van der Waals surface area contributed by atoms with Crippen molar-refractivity contribution in [3.8, 4) is 0 Å². The summed E-state index contributed by atoms with van der Waals surface area (Å²) >= 11 is 0. The number of aliphatic hydroxyl groups excluding tert-OH is 1. The smallest absolute Gasteiger partial charge is 0.0791 e. The van der Waals surface area contributed by atoms with Crippen molar-refractivity contribution in [1.82, 2.24) is 10.2 Å². The maximum Gasteiger partial charge on any atom is 0.0791 e. The average Bonchev–Trinajstić information content (AvgIpc) is 2.34. The number of nitrogens with one attached hydrogen (secondary N) is 1. The fraction of sp³-hybridized carbons (Fsp3) is 1.00. The van der Waals surface area contributed by atoms with Crippen LogP contribution in [0, 0.1) is 10.8 Å². The molecule has 4 heteroatoms. The number of hydrogen-bond acceptors (Lipinski definition) is 4. The van der Waals surface area contributed by atoms with Gasteiger partial charge in [-0.25, -0.2) is 0 Å². The van der Waals surface area contributed by atoms with E-state index in [2.05, 4.69) is 37.9 Å². The van der Waals surface area contributed by atoms with Crippen LogP contribution in [-0.2, 0) is 4.74 Å². The van der Waals surface area contributed by atoms with Crippen LogP contribution < -0.4 is 5.32 Å². The Bertz CT molecular complexity index is 309. The average molecular weight is 298 g/mol. The quantitative estimate of drug-likeness (QED) is 0.813. The molecule has 1 atom stereocenters. The van der Waals surface area contributed by atoms with Gasteiger partial charge in [0.15, 0.2) is 0 Å². The molecule has 124 valence electrons. The fourth-order valence-corrected chi connectivity index (χ4v) is 4.44. The van der Waals surface area contributed by atoms with Gasteiger partial charge in [-0.1, -0.05) is 27.7 Å². The van der Waals surface area contributed by atoms with Crippen LogP contribution in [-0.4, -0.2) is 61.5 Å². The second-order valence-corrected chi connectivity index (χ2v) is 8.59. The first-order chi connectivity index (χ1) is 9.76. The second-order valence-electron chi connectivity index (χ2n) is 8.59. The largest absolute Gasteiger partial charge is 0.390 e. The molecule has 2 aliphatic rings. The van der Waals surface area contributed by atoms with Crippen LogP contribution in [0.3, 0.4) is 0 Å². The molecule has 1 heterocycles. The molecule has 0 aromatic carbocycles. The van der Waals surface area contributed by atoms with Crippen molar-refractivity contribution < 1.29 is 9.84 Å². The van der Waals surface area contributed by atoms with Crippen molar-refractivity contribution in [3.63, 3.8) is 0 Å². The van der Waals surface area contributed by atoms with Gasteiger partial charge in [-0.2, -0.15) is 0 Å². The Morgan fingerprint density at radius 2 is 1.71 bits per heavy atom. The highest BCUT2D eigenvalue weighted by Gasteiger charge is 2.38. The molecule has 1 saturated heterocycles. The summed E-state index contributed by atoms with van der Waals surface area (Å²) in [6.07, 6.45) is 3.42. The standard InChI is InChI=1S/C17H34N2O2/c1-16(2)9-14(10-17(3,4)13-16)18-11-15(20)12-19-5-7-21-8-6-19/h14-15,18,20H,5-13H2,1-4H3. The zero-order valence-electron chi connectivity index (χ0n) is 14.3. The number of morpholine rings is 1. The van der Waals surface area contributed by atoms with E-state index in [0.717, 1.165) is 32.8 Å². The van der Waals surface area contributed by atoms with Crippen LogP contribution in [0.4, 0.5) is 0 Å². The van der Waals surface area contributed by atoms with Gasteiger partial charge in [-0.05, 0) is 30.1 Å². The third-order valence-corrected chi connectivity index (χ3v) is 4.77. The van der Waals surface area contributed by atoms with Gasteiger partial charge in [-0.15, -0.1) is 0 Å². The van der Waals surface area contributed by atoms with Crippen molar-refractivity contribution in [2.75, 3.05) is 39.4 Å². The zero-order valence-corrected chi connectivity index (χ0v) is 14.3. The lowest BCUT2D eigenvalue weighted by atomic mass is 9.63. The third kappa shape index (κ3) is 5.85. The monoisotopic (exact) mass is 298 g/mol. The summed E-state index contributed by atoms with van der Waals surface area (Å²) in [6.45, 7) is 14.4. The highest BCUT2D eigenvalue weighted by molar-refractivity contribution is 4.92. The Balaban J connectivity index is 1.73. The lowest BCUT2D eigenvalue weighted by Gasteiger charge is -2.45. The summed E-state index contributed by atoms with van der Waals surface area (Å²) in [5.74, 6) is 0. The summed E-state index contributed by atoms with van der Waals surface area (Å²) in [6, 6.07) is 0.531. The van der Waals surface area contributed by atoms with E-state index in [9.17, 15) is 5.11 Å². The van der Waals surface area contributed by atoms with E-state index < -0.39 is 0 Å². The highest BCUT2D eigenvalue weighted by atomic mass is 16.5. The first-order valence-electron chi connectivity index (χ1n) is 8.47. The van der Waals surface area contributed by atoms with E-state index in [0.29, 0.717) is 23.4 Å². The molecule has 21 heavy (non-hydrogen) atoms. The van der Waals surface area contributed by atoms with E-state index in [1.54, 1.807) is 0 Å². The lowest BCUT2D eigenvalue weighted by Crippen LogP contribution is -2.48. The molecule has 0 spiro atoms. The topological polar surface area (TPSA) is 44.7 Å². The minimum atomic E-state index is -0.281. The van der Waals surface area contributed by atoms with Crippen LogP contribution in [0.2, 0.25) is 0 Å². The third-order valence-electron chi connectivity index (χ3n) is 4.77. The van der Waals surface area contributed by atoms with Gasteiger partial charge >= 0.3 is 0 Å². The molecule has 2 N–H and O–H groups in total. The van der Waals surface area contributed by atoms with Crippen LogP contribution in [0.15, 0.2) is 0 Å². The van der Waals surface area contributed by atoms with Crippen LogP contribution in [0.25, 0.3) is 0 Å². The van der Waals surface area contributed by atoms with Gasteiger partial charge in [-0.3, -0.25) is 4.90 Å². The van der Waals surface area contributed by atoms with Crippen molar-refractivity contribution in [2.45, 2.75) is 59.1 Å². The van der Waals surface area contributed by atoms with E-state index in [1.165, 1.54) is 19.3 Å².